The molecular formula is C24H22N4O4S2. The molecule has 0 aliphatic carbocycles. The van der Waals surface area contributed by atoms with Gasteiger partial charge in [-0.15, -0.1) is 11.8 Å². The summed E-state index contributed by atoms with van der Waals surface area (Å²) in [5.41, 5.74) is 2.80. The van der Waals surface area contributed by atoms with Crippen LogP contribution < -0.4 is 15.2 Å². The van der Waals surface area contributed by atoms with Crippen molar-refractivity contribution >= 4 is 33.4 Å². The molecule has 1 heterocycles. The number of thioether (sulfide) groups is 1. The summed E-state index contributed by atoms with van der Waals surface area (Å²) in [5, 5.41) is 13.4. The predicted octanol–water partition coefficient (Wildman–Crippen LogP) is 4.17. The molecule has 4 aromatic rings. The molecule has 8 nitrogen and oxygen atoms in total. The average molecular weight is 495 g/mol. The number of hydrogen-bond acceptors (Lipinski definition) is 6. The van der Waals surface area contributed by atoms with Gasteiger partial charge in [0.25, 0.3) is 5.91 Å². The van der Waals surface area contributed by atoms with Gasteiger partial charge in [-0.05, 0) is 54.3 Å². The number of methoxy groups -OCH3 is 1. The van der Waals surface area contributed by atoms with E-state index in [1.54, 1.807) is 72.5 Å². The Morgan fingerprint density at radius 2 is 1.71 bits per heavy atom. The highest BCUT2D eigenvalue weighted by Crippen LogP contribution is 2.28. The smallest absolute Gasteiger partial charge is 0.274 e. The van der Waals surface area contributed by atoms with Crippen molar-refractivity contribution in [3.8, 4) is 22.6 Å². The van der Waals surface area contributed by atoms with Crippen molar-refractivity contribution in [3.05, 3.63) is 84.6 Å². The number of nitrogens with zero attached hydrogens (tertiary/aromatic N) is 2. The van der Waals surface area contributed by atoms with E-state index in [1.165, 1.54) is 17.8 Å². The van der Waals surface area contributed by atoms with Crippen LogP contribution in [0.3, 0.4) is 0 Å². The van der Waals surface area contributed by atoms with Gasteiger partial charge in [0.2, 0.25) is 10.0 Å². The molecule has 1 amide bonds. The van der Waals surface area contributed by atoms with E-state index in [4.69, 9.17) is 9.88 Å². The maximum Gasteiger partial charge on any atom is 0.274 e. The summed E-state index contributed by atoms with van der Waals surface area (Å²) in [6.45, 7) is 0. The van der Waals surface area contributed by atoms with Gasteiger partial charge in [-0.25, -0.2) is 18.2 Å². The Balaban J connectivity index is 1.60. The van der Waals surface area contributed by atoms with Crippen molar-refractivity contribution in [2.45, 2.75) is 9.92 Å². The molecular weight excluding hydrogens is 472 g/mol. The van der Waals surface area contributed by atoms with Crippen LogP contribution in [0, 0.1) is 0 Å². The van der Waals surface area contributed by atoms with Gasteiger partial charge in [-0.2, -0.15) is 5.10 Å². The van der Waals surface area contributed by atoms with E-state index in [1.807, 2.05) is 18.4 Å². The molecule has 0 radical (unpaired) electrons. The molecule has 10 heteroatoms. The first kappa shape index (κ1) is 23.6. The molecule has 0 saturated carbocycles. The normalized spacial score (nSPS) is 11.3. The van der Waals surface area contributed by atoms with Crippen LogP contribution in [-0.2, 0) is 10.0 Å². The molecule has 3 N–H and O–H groups in total. The Morgan fingerprint density at radius 1 is 1.03 bits per heavy atom. The molecule has 0 atom stereocenters. The SMILES string of the molecule is COc1ccc(-n2nc(SC)cc2C(=O)Nc2ccc(-c3ccccc3S(N)(=O)=O)cc2)cc1. The number of rotatable bonds is 7. The Hall–Kier alpha value is -3.60. The number of carbonyl (C=O) groups excluding carboxylic acids is 1. The van der Waals surface area contributed by atoms with Crippen LogP contribution in [0.2, 0.25) is 0 Å². The van der Waals surface area contributed by atoms with Crippen LogP contribution in [0.5, 0.6) is 5.75 Å². The zero-order valence-corrected chi connectivity index (χ0v) is 20.1. The summed E-state index contributed by atoms with van der Waals surface area (Å²) in [6, 6.07) is 22.3. The summed E-state index contributed by atoms with van der Waals surface area (Å²) in [7, 11) is -2.28. The number of primary sulfonamides is 1. The van der Waals surface area contributed by atoms with Crippen molar-refractivity contribution in [1.29, 1.82) is 0 Å². The van der Waals surface area contributed by atoms with Crippen LogP contribution >= 0.6 is 11.8 Å². The monoisotopic (exact) mass is 494 g/mol. The van der Waals surface area contributed by atoms with Crippen molar-refractivity contribution in [2.75, 3.05) is 18.7 Å². The topological polar surface area (TPSA) is 116 Å². The molecule has 0 spiro atoms. The first-order valence-corrected chi connectivity index (χ1v) is 12.9. The van der Waals surface area contributed by atoms with E-state index in [2.05, 4.69) is 10.4 Å². The van der Waals surface area contributed by atoms with E-state index in [0.29, 0.717) is 33.3 Å². The molecule has 1 aromatic heterocycles. The van der Waals surface area contributed by atoms with Gasteiger partial charge in [0.05, 0.1) is 17.7 Å². The maximum atomic E-state index is 13.1. The average Bonchev–Trinajstić information content (AvgIpc) is 3.29. The number of carbonyl (C=O) groups is 1. The number of sulfonamides is 1. The van der Waals surface area contributed by atoms with Crippen molar-refractivity contribution in [1.82, 2.24) is 9.78 Å². The second-order valence-electron chi connectivity index (χ2n) is 7.25. The molecule has 0 aliphatic heterocycles. The van der Waals surface area contributed by atoms with Gasteiger partial charge >= 0.3 is 0 Å². The number of aromatic nitrogens is 2. The summed E-state index contributed by atoms with van der Waals surface area (Å²) in [6.07, 6.45) is 1.89. The fraction of sp³-hybridized carbons (Fsp3) is 0.0833. The van der Waals surface area contributed by atoms with Crippen molar-refractivity contribution < 1.29 is 17.9 Å². The highest BCUT2D eigenvalue weighted by Gasteiger charge is 2.18. The van der Waals surface area contributed by atoms with E-state index >= 15 is 0 Å². The molecule has 4 rings (SSSR count). The summed E-state index contributed by atoms with van der Waals surface area (Å²) in [4.78, 5) is 13.1. The summed E-state index contributed by atoms with van der Waals surface area (Å²) in [5.74, 6) is 0.373. The van der Waals surface area contributed by atoms with Crippen LogP contribution in [0.25, 0.3) is 16.8 Å². The van der Waals surface area contributed by atoms with E-state index in [0.717, 1.165) is 5.69 Å². The first-order valence-electron chi connectivity index (χ1n) is 10.1. The zero-order valence-electron chi connectivity index (χ0n) is 18.4. The highest BCUT2D eigenvalue weighted by molar-refractivity contribution is 7.98. The number of nitrogens with two attached hydrogens (primary N) is 1. The summed E-state index contributed by atoms with van der Waals surface area (Å²) < 4.78 is 30.6. The van der Waals surface area contributed by atoms with E-state index in [9.17, 15) is 13.2 Å². The van der Waals surface area contributed by atoms with Gasteiger partial charge in [-0.1, -0.05) is 30.3 Å². The minimum absolute atomic E-state index is 0.0415. The fourth-order valence-electron chi connectivity index (χ4n) is 3.42. The number of nitrogens with one attached hydrogen (secondary N) is 1. The fourth-order valence-corrected chi connectivity index (χ4v) is 4.58. The Kier molecular flexibility index (Phi) is 6.73. The molecule has 174 valence electrons. The lowest BCUT2D eigenvalue weighted by molar-refractivity contribution is 0.101. The number of anilines is 1. The molecule has 0 saturated heterocycles. The van der Waals surface area contributed by atoms with E-state index < -0.39 is 10.0 Å². The third-order valence-corrected chi connectivity index (χ3v) is 6.68. The van der Waals surface area contributed by atoms with Crippen molar-refractivity contribution in [2.24, 2.45) is 5.14 Å². The van der Waals surface area contributed by atoms with Gasteiger partial charge in [0.1, 0.15) is 16.5 Å². The standard InChI is InChI=1S/C24H22N4O4S2/c1-32-19-13-11-18(12-14-19)28-21(15-23(27-28)33-2)24(29)26-17-9-7-16(8-10-17)20-5-3-4-6-22(20)34(25,30)31/h3-15H,1-2H3,(H,26,29)(H2,25,30,31). The Labute approximate surface area is 201 Å². The molecule has 34 heavy (non-hydrogen) atoms. The van der Waals surface area contributed by atoms with Gasteiger partial charge in [0.15, 0.2) is 0 Å². The van der Waals surface area contributed by atoms with Crippen molar-refractivity contribution in [3.63, 3.8) is 0 Å². The van der Waals surface area contributed by atoms with Crippen LogP contribution in [0.1, 0.15) is 10.5 Å². The first-order chi connectivity index (χ1) is 16.3. The van der Waals surface area contributed by atoms with E-state index in [-0.39, 0.29) is 10.8 Å². The van der Waals surface area contributed by atoms with Crippen LogP contribution in [0.4, 0.5) is 5.69 Å². The van der Waals surface area contributed by atoms with Gasteiger partial charge < -0.3 is 10.1 Å². The summed E-state index contributed by atoms with van der Waals surface area (Å²) >= 11 is 1.44. The largest absolute Gasteiger partial charge is 0.497 e. The highest BCUT2D eigenvalue weighted by atomic mass is 32.2. The number of benzene rings is 3. The van der Waals surface area contributed by atoms with Gasteiger partial charge in [0, 0.05) is 17.3 Å². The lowest BCUT2D eigenvalue weighted by atomic mass is 10.1. The lowest BCUT2D eigenvalue weighted by Crippen LogP contribution is -2.17. The molecule has 0 fully saturated rings. The Bertz CT molecular complexity index is 1430. The molecule has 0 bridgehead atoms. The van der Waals surface area contributed by atoms with Crippen LogP contribution in [-0.4, -0.2) is 37.5 Å². The number of ether oxygens (including phenoxy) is 1. The minimum Gasteiger partial charge on any atom is -0.497 e. The molecule has 0 unspecified atom stereocenters. The second kappa shape index (κ2) is 9.72. The Morgan fingerprint density at radius 3 is 2.32 bits per heavy atom. The minimum atomic E-state index is -3.87. The van der Waals surface area contributed by atoms with Gasteiger partial charge in [-0.3, -0.25) is 4.79 Å². The second-order valence-corrected chi connectivity index (χ2v) is 9.61. The van der Waals surface area contributed by atoms with Crippen LogP contribution in [0.15, 0.2) is 88.8 Å². The predicted molar refractivity (Wildman–Crippen MR) is 133 cm³/mol. The quantitative estimate of drug-likeness (QED) is 0.373. The number of amides is 1. The zero-order chi connectivity index (χ0) is 24.3. The third-order valence-electron chi connectivity index (χ3n) is 5.09. The third kappa shape index (κ3) is 4.98. The number of hydrogen-bond donors (Lipinski definition) is 2. The molecule has 3 aromatic carbocycles. The molecule has 0 aliphatic rings. The lowest BCUT2D eigenvalue weighted by Gasteiger charge is -2.11. The maximum absolute atomic E-state index is 13.1.